The lowest BCUT2D eigenvalue weighted by Crippen LogP contribution is -2.25. The molecule has 0 saturated heterocycles. The molecular formula is C26H19F3N6OS. The molecule has 0 fully saturated rings. The molecule has 11 heteroatoms. The maximum atomic E-state index is 14.6. The van der Waals surface area contributed by atoms with Crippen LogP contribution < -0.4 is 16.4 Å². The van der Waals surface area contributed by atoms with Crippen LogP contribution in [0.1, 0.15) is 20.8 Å². The van der Waals surface area contributed by atoms with Crippen LogP contribution in [0.5, 0.6) is 0 Å². The average Bonchev–Trinajstić information content (AvgIpc) is 3.37. The zero-order valence-corrected chi connectivity index (χ0v) is 20.0. The van der Waals surface area contributed by atoms with Gasteiger partial charge < -0.3 is 16.4 Å². The number of nitrogens with zero attached hydrogens (tertiary/aromatic N) is 3. The second kappa shape index (κ2) is 10.2. The first-order chi connectivity index (χ1) is 17.9. The van der Waals surface area contributed by atoms with Crippen LogP contribution in [0.15, 0.2) is 67.1 Å². The van der Waals surface area contributed by atoms with Crippen molar-refractivity contribution in [2.24, 2.45) is 0 Å². The quantitative estimate of drug-likeness (QED) is 0.269. The summed E-state index contributed by atoms with van der Waals surface area (Å²) in [4.78, 5) is 27.0. The highest BCUT2D eigenvalue weighted by Gasteiger charge is 2.18. The second-order valence-electron chi connectivity index (χ2n) is 8.06. The first-order valence-electron chi connectivity index (χ1n) is 11.1. The summed E-state index contributed by atoms with van der Waals surface area (Å²) < 4.78 is 41.2. The van der Waals surface area contributed by atoms with Crippen LogP contribution in [-0.4, -0.2) is 20.9 Å². The number of halogens is 3. The normalized spacial score (nSPS) is 11.0. The molecule has 186 valence electrons. The Morgan fingerprint density at radius 3 is 2.59 bits per heavy atom. The highest BCUT2D eigenvalue weighted by Crippen LogP contribution is 2.31. The third-order valence-corrected chi connectivity index (χ3v) is 6.74. The Kier molecular flexibility index (Phi) is 6.69. The molecule has 4 N–H and O–H groups in total. The number of hydrogen-bond acceptors (Lipinski definition) is 7. The van der Waals surface area contributed by atoms with Crippen molar-refractivity contribution in [1.29, 1.82) is 0 Å². The zero-order valence-electron chi connectivity index (χ0n) is 19.1. The number of carbonyl (C=O) groups is 1. The molecule has 0 aliphatic rings. The smallest absolute Gasteiger partial charge is 0.258 e. The number of fused-ring (bicyclic) bond motifs is 1. The Morgan fingerprint density at radius 1 is 0.892 bits per heavy atom. The maximum absolute atomic E-state index is 14.6. The van der Waals surface area contributed by atoms with Gasteiger partial charge in [-0.25, -0.2) is 28.1 Å². The summed E-state index contributed by atoms with van der Waals surface area (Å²) in [5.74, 6) is -3.05. The monoisotopic (exact) mass is 520 g/mol. The standard InChI is InChI=1S/C26H19F3N6OS/c27-18-4-1-14(9-20(18)29)11-33-26(36)23-19(28)7-8-31-25(23)32-12-16-3-6-22(37-16)15-2-5-21-17(10-15)24(30)35-13-34-21/h1-10,13H,11-12H2,(H,31,32)(H,33,36)(H2,30,34,35). The average molecular weight is 521 g/mol. The van der Waals surface area contributed by atoms with Crippen LogP contribution in [0.2, 0.25) is 0 Å². The number of nitrogens with two attached hydrogens (primary N) is 1. The van der Waals surface area contributed by atoms with Crippen LogP contribution >= 0.6 is 11.3 Å². The van der Waals surface area contributed by atoms with Crippen LogP contribution in [0.3, 0.4) is 0 Å². The largest absolute Gasteiger partial charge is 0.383 e. The lowest BCUT2D eigenvalue weighted by atomic mass is 10.1. The molecule has 0 aliphatic heterocycles. The summed E-state index contributed by atoms with van der Waals surface area (Å²) in [5, 5.41) is 6.30. The summed E-state index contributed by atoms with van der Waals surface area (Å²) in [7, 11) is 0. The van der Waals surface area contributed by atoms with Gasteiger partial charge in [-0.1, -0.05) is 12.1 Å². The van der Waals surface area contributed by atoms with Crippen molar-refractivity contribution in [3.8, 4) is 10.4 Å². The van der Waals surface area contributed by atoms with Crippen molar-refractivity contribution in [3.05, 3.63) is 101 Å². The van der Waals surface area contributed by atoms with E-state index in [0.29, 0.717) is 17.9 Å². The fraction of sp³-hybridized carbons (Fsp3) is 0.0769. The van der Waals surface area contributed by atoms with E-state index in [1.54, 1.807) is 0 Å². The maximum Gasteiger partial charge on any atom is 0.258 e. The Labute approximate surface area is 213 Å². The highest BCUT2D eigenvalue weighted by atomic mass is 32.1. The predicted molar refractivity (Wildman–Crippen MR) is 136 cm³/mol. The van der Waals surface area contributed by atoms with Gasteiger partial charge in [-0.2, -0.15) is 0 Å². The number of thiophene rings is 1. The van der Waals surface area contributed by atoms with Crippen molar-refractivity contribution in [1.82, 2.24) is 20.3 Å². The molecule has 2 aromatic carbocycles. The van der Waals surface area contributed by atoms with Crippen LogP contribution in [-0.2, 0) is 13.1 Å². The predicted octanol–water partition coefficient (Wildman–Crippen LogP) is 5.29. The molecule has 0 radical (unpaired) electrons. The molecule has 0 unspecified atom stereocenters. The van der Waals surface area contributed by atoms with E-state index in [1.165, 1.54) is 29.9 Å². The van der Waals surface area contributed by atoms with E-state index in [1.807, 2.05) is 30.3 Å². The minimum Gasteiger partial charge on any atom is -0.383 e. The van der Waals surface area contributed by atoms with Crippen molar-refractivity contribution < 1.29 is 18.0 Å². The van der Waals surface area contributed by atoms with Crippen LogP contribution in [0.25, 0.3) is 21.3 Å². The molecule has 7 nitrogen and oxygen atoms in total. The number of nitrogen functional groups attached to an aromatic ring is 1. The Bertz CT molecular complexity index is 1620. The minimum absolute atomic E-state index is 0.0633. The molecule has 0 bridgehead atoms. The van der Waals surface area contributed by atoms with Crippen molar-refractivity contribution in [2.45, 2.75) is 13.1 Å². The third-order valence-electron chi connectivity index (χ3n) is 5.61. The lowest BCUT2D eigenvalue weighted by molar-refractivity contribution is 0.0947. The SMILES string of the molecule is Nc1ncnc2ccc(-c3ccc(CNc4nccc(F)c4C(=O)NCc4ccc(F)c(F)c4)s3)cc12. The minimum atomic E-state index is -1.03. The van der Waals surface area contributed by atoms with E-state index in [0.717, 1.165) is 44.4 Å². The van der Waals surface area contributed by atoms with Gasteiger partial charge in [0.2, 0.25) is 0 Å². The number of anilines is 2. The summed E-state index contributed by atoms with van der Waals surface area (Å²) in [6.07, 6.45) is 2.68. The van der Waals surface area contributed by atoms with Crippen LogP contribution in [0.4, 0.5) is 24.8 Å². The summed E-state index contributed by atoms with van der Waals surface area (Å²) >= 11 is 1.52. The molecule has 0 aliphatic carbocycles. The fourth-order valence-electron chi connectivity index (χ4n) is 3.74. The second-order valence-corrected chi connectivity index (χ2v) is 9.23. The molecule has 5 rings (SSSR count). The van der Waals surface area contributed by atoms with E-state index in [4.69, 9.17) is 5.73 Å². The summed E-state index contributed by atoms with van der Waals surface area (Å²) in [6, 6.07) is 14.0. The van der Waals surface area contributed by atoms with Gasteiger partial charge >= 0.3 is 0 Å². The molecule has 37 heavy (non-hydrogen) atoms. The Morgan fingerprint density at radius 2 is 1.76 bits per heavy atom. The van der Waals surface area contributed by atoms with E-state index in [2.05, 4.69) is 25.6 Å². The number of nitrogens with one attached hydrogen (secondary N) is 2. The number of amides is 1. The number of aromatic nitrogens is 3. The summed E-state index contributed by atoms with van der Waals surface area (Å²) in [6.45, 7) is 0.183. The summed E-state index contributed by atoms with van der Waals surface area (Å²) in [5.41, 5.74) is 7.74. The lowest BCUT2D eigenvalue weighted by Gasteiger charge is -2.12. The van der Waals surface area contributed by atoms with E-state index >= 15 is 0 Å². The molecule has 1 amide bonds. The topological polar surface area (TPSA) is 106 Å². The van der Waals surface area contributed by atoms with Gasteiger partial charge in [0.1, 0.15) is 29.3 Å². The fourth-order valence-corrected chi connectivity index (χ4v) is 4.68. The molecule has 0 spiro atoms. The highest BCUT2D eigenvalue weighted by molar-refractivity contribution is 7.15. The number of hydrogen-bond donors (Lipinski definition) is 3. The van der Waals surface area contributed by atoms with Gasteiger partial charge in [0, 0.05) is 27.9 Å². The van der Waals surface area contributed by atoms with E-state index in [9.17, 15) is 18.0 Å². The van der Waals surface area contributed by atoms with Crippen molar-refractivity contribution in [2.75, 3.05) is 11.1 Å². The number of rotatable bonds is 7. The first kappa shape index (κ1) is 24.2. The van der Waals surface area contributed by atoms with Crippen molar-refractivity contribution in [3.63, 3.8) is 0 Å². The number of carbonyl (C=O) groups excluding carboxylic acids is 1. The van der Waals surface area contributed by atoms with Gasteiger partial charge in [-0.15, -0.1) is 11.3 Å². The van der Waals surface area contributed by atoms with Crippen molar-refractivity contribution >= 4 is 39.8 Å². The van der Waals surface area contributed by atoms with Gasteiger partial charge in [-0.3, -0.25) is 4.79 Å². The number of pyridine rings is 1. The van der Waals surface area contributed by atoms with Gasteiger partial charge in [0.15, 0.2) is 11.6 Å². The third kappa shape index (κ3) is 5.21. The molecule has 0 saturated carbocycles. The molecule has 3 heterocycles. The zero-order chi connectivity index (χ0) is 25.9. The Hall–Kier alpha value is -4.51. The van der Waals surface area contributed by atoms with Gasteiger partial charge in [0.05, 0.1) is 12.1 Å². The molecule has 0 atom stereocenters. The Balaban J connectivity index is 1.29. The van der Waals surface area contributed by atoms with Gasteiger partial charge in [0.25, 0.3) is 5.91 Å². The number of benzene rings is 2. The van der Waals surface area contributed by atoms with E-state index < -0.39 is 23.4 Å². The first-order valence-corrected chi connectivity index (χ1v) is 11.9. The van der Waals surface area contributed by atoms with E-state index in [-0.39, 0.29) is 17.9 Å². The molecule has 3 aromatic heterocycles. The van der Waals surface area contributed by atoms with Gasteiger partial charge in [-0.05, 0) is 53.6 Å². The molecule has 5 aromatic rings. The van der Waals surface area contributed by atoms with Crippen LogP contribution in [0, 0.1) is 17.5 Å². The molecular weight excluding hydrogens is 501 g/mol.